The highest BCUT2D eigenvalue weighted by molar-refractivity contribution is 8.00. The highest BCUT2D eigenvalue weighted by Gasteiger charge is 2.11. The SMILES string of the molecule is COC(=O)c1ccccc1CSc1ncns1. The van der Waals surface area contributed by atoms with Crippen molar-refractivity contribution in [3.05, 3.63) is 41.7 Å². The standard InChI is InChI=1S/C11H10N2O2S2/c1-15-10(14)9-5-3-2-4-8(9)6-16-11-12-7-13-17-11/h2-5,7H,6H2,1H3. The molecule has 2 rings (SSSR count). The van der Waals surface area contributed by atoms with Crippen LogP contribution in [0.15, 0.2) is 34.9 Å². The van der Waals surface area contributed by atoms with Gasteiger partial charge in [0.15, 0.2) is 4.34 Å². The van der Waals surface area contributed by atoms with Crippen molar-refractivity contribution >= 4 is 29.3 Å². The minimum absolute atomic E-state index is 0.307. The Kier molecular flexibility index (Phi) is 4.11. The summed E-state index contributed by atoms with van der Waals surface area (Å²) < 4.78 is 9.56. The first-order valence-electron chi connectivity index (χ1n) is 4.87. The summed E-state index contributed by atoms with van der Waals surface area (Å²) in [6.45, 7) is 0. The van der Waals surface area contributed by atoms with Crippen LogP contribution in [-0.4, -0.2) is 22.4 Å². The average molecular weight is 266 g/mol. The van der Waals surface area contributed by atoms with Gasteiger partial charge in [-0.2, -0.15) is 4.37 Å². The fourth-order valence-electron chi connectivity index (χ4n) is 1.32. The molecule has 2 aromatic rings. The van der Waals surface area contributed by atoms with Gasteiger partial charge in [0.25, 0.3) is 0 Å². The van der Waals surface area contributed by atoms with Gasteiger partial charge in [-0.05, 0) is 23.2 Å². The molecule has 0 fully saturated rings. The predicted molar refractivity (Wildman–Crippen MR) is 67.3 cm³/mol. The number of rotatable bonds is 4. The lowest BCUT2D eigenvalue weighted by molar-refractivity contribution is 0.0600. The zero-order valence-electron chi connectivity index (χ0n) is 9.12. The highest BCUT2D eigenvalue weighted by atomic mass is 32.2. The van der Waals surface area contributed by atoms with E-state index in [-0.39, 0.29) is 5.97 Å². The van der Waals surface area contributed by atoms with Crippen molar-refractivity contribution in [1.29, 1.82) is 0 Å². The van der Waals surface area contributed by atoms with Crippen molar-refractivity contribution in [2.24, 2.45) is 0 Å². The molecule has 0 aliphatic carbocycles. The third kappa shape index (κ3) is 3.04. The number of methoxy groups -OCH3 is 1. The topological polar surface area (TPSA) is 52.1 Å². The number of benzene rings is 1. The Labute approximate surface area is 107 Å². The minimum atomic E-state index is -0.307. The number of ether oxygens (including phenoxy) is 1. The molecule has 1 aromatic heterocycles. The van der Waals surface area contributed by atoms with Gasteiger partial charge in [0, 0.05) is 5.75 Å². The Bertz CT molecular complexity index is 500. The summed E-state index contributed by atoms with van der Waals surface area (Å²) in [4.78, 5) is 15.6. The Balaban J connectivity index is 2.12. The number of esters is 1. The second kappa shape index (κ2) is 5.79. The van der Waals surface area contributed by atoms with Gasteiger partial charge < -0.3 is 4.74 Å². The summed E-state index contributed by atoms with van der Waals surface area (Å²) in [7, 11) is 1.39. The lowest BCUT2D eigenvalue weighted by Crippen LogP contribution is -2.04. The normalized spacial score (nSPS) is 10.2. The fourth-order valence-corrected chi connectivity index (χ4v) is 2.77. The molecule has 0 saturated heterocycles. The fraction of sp³-hybridized carbons (Fsp3) is 0.182. The van der Waals surface area contributed by atoms with Crippen molar-refractivity contribution in [3.63, 3.8) is 0 Å². The second-order valence-electron chi connectivity index (χ2n) is 3.14. The molecule has 0 saturated carbocycles. The molecule has 0 radical (unpaired) electrons. The minimum Gasteiger partial charge on any atom is -0.465 e. The van der Waals surface area contributed by atoms with Crippen LogP contribution >= 0.6 is 23.3 Å². The molecule has 0 spiro atoms. The van der Waals surface area contributed by atoms with Crippen LogP contribution in [0.25, 0.3) is 0 Å². The van der Waals surface area contributed by atoms with Crippen LogP contribution in [0.4, 0.5) is 0 Å². The van der Waals surface area contributed by atoms with Crippen molar-refractivity contribution in [3.8, 4) is 0 Å². The largest absolute Gasteiger partial charge is 0.465 e. The maximum absolute atomic E-state index is 11.5. The van der Waals surface area contributed by atoms with Gasteiger partial charge in [0.2, 0.25) is 0 Å². The van der Waals surface area contributed by atoms with Gasteiger partial charge in [-0.3, -0.25) is 0 Å². The van der Waals surface area contributed by atoms with Crippen molar-refractivity contribution < 1.29 is 9.53 Å². The Morgan fingerprint density at radius 1 is 1.47 bits per heavy atom. The zero-order chi connectivity index (χ0) is 12.1. The van der Waals surface area contributed by atoms with E-state index in [0.29, 0.717) is 11.3 Å². The van der Waals surface area contributed by atoms with E-state index in [0.717, 1.165) is 9.90 Å². The number of hydrogen-bond acceptors (Lipinski definition) is 6. The quantitative estimate of drug-likeness (QED) is 0.629. The summed E-state index contributed by atoms with van der Waals surface area (Å²) in [6, 6.07) is 7.41. The van der Waals surface area contributed by atoms with Crippen LogP contribution in [0.1, 0.15) is 15.9 Å². The number of hydrogen-bond donors (Lipinski definition) is 0. The molecule has 0 unspecified atom stereocenters. The number of thioether (sulfide) groups is 1. The van der Waals surface area contributed by atoms with E-state index in [4.69, 9.17) is 4.74 Å². The van der Waals surface area contributed by atoms with Gasteiger partial charge >= 0.3 is 5.97 Å². The molecule has 0 N–H and O–H groups in total. The summed E-state index contributed by atoms with van der Waals surface area (Å²) in [5.74, 6) is 0.374. The molecule has 17 heavy (non-hydrogen) atoms. The van der Waals surface area contributed by atoms with Gasteiger partial charge in [-0.1, -0.05) is 30.0 Å². The molecule has 0 bridgehead atoms. The van der Waals surface area contributed by atoms with Crippen molar-refractivity contribution in [1.82, 2.24) is 9.36 Å². The van der Waals surface area contributed by atoms with Gasteiger partial charge in [-0.15, -0.1) is 0 Å². The molecule has 1 aromatic carbocycles. The third-order valence-corrected chi connectivity index (χ3v) is 3.96. The van der Waals surface area contributed by atoms with Gasteiger partial charge in [-0.25, -0.2) is 9.78 Å². The molecule has 4 nitrogen and oxygen atoms in total. The van der Waals surface area contributed by atoms with Crippen LogP contribution in [-0.2, 0) is 10.5 Å². The smallest absolute Gasteiger partial charge is 0.338 e. The van der Waals surface area contributed by atoms with Gasteiger partial charge in [0.1, 0.15) is 6.33 Å². The van der Waals surface area contributed by atoms with Crippen LogP contribution in [0.5, 0.6) is 0 Å². The molecule has 0 amide bonds. The van der Waals surface area contributed by atoms with E-state index < -0.39 is 0 Å². The molecular formula is C11H10N2O2S2. The summed E-state index contributed by atoms with van der Waals surface area (Å²) in [6.07, 6.45) is 1.53. The van der Waals surface area contributed by atoms with E-state index in [9.17, 15) is 4.79 Å². The van der Waals surface area contributed by atoms with E-state index >= 15 is 0 Å². The van der Waals surface area contributed by atoms with E-state index in [2.05, 4.69) is 9.36 Å². The molecule has 6 heteroatoms. The van der Waals surface area contributed by atoms with Crippen molar-refractivity contribution in [2.75, 3.05) is 7.11 Å². The second-order valence-corrected chi connectivity index (χ2v) is 5.15. The average Bonchev–Trinajstić information content (AvgIpc) is 2.89. The van der Waals surface area contributed by atoms with Crippen LogP contribution < -0.4 is 0 Å². The Morgan fingerprint density at radius 3 is 3.00 bits per heavy atom. The van der Waals surface area contributed by atoms with Crippen LogP contribution in [0, 0.1) is 0 Å². The first-order chi connectivity index (χ1) is 8.31. The van der Waals surface area contributed by atoms with Crippen LogP contribution in [0.3, 0.4) is 0 Å². The number of aromatic nitrogens is 2. The first-order valence-corrected chi connectivity index (χ1v) is 6.63. The van der Waals surface area contributed by atoms with Crippen molar-refractivity contribution in [2.45, 2.75) is 10.1 Å². The van der Waals surface area contributed by atoms with E-state index in [1.807, 2.05) is 18.2 Å². The van der Waals surface area contributed by atoms with E-state index in [1.54, 1.807) is 17.8 Å². The molecule has 0 aliphatic rings. The summed E-state index contributed by atoms with van der Waals surface area (Å²) in [5, 5.41) is 0. The van der Waals surface area contributed by atoms with E-state index in [1.165, 1.54) is 25.0 Å². The summed E-state index contributed by atoms with van der Waals surface area (Å²) >= 11 is 2.91. The maximum atomic E-state index is 11.5. The molecule has 88 valence electrons. The molecule has 1 heterocycles. The third-order valence-electron chi connectivity index (χ3n) is 2.11. The van der Waals surface area contributed by atoms with Crippen LogP contribution in [0.2, 0.25) is 0 Å². The number of carbonyl (C=O) groups is 1. The maximum Gasteiger partial charge on any atom is 0.338 e. The Morgan fingerprint density at radius 2 is 2.29 bits per heavy atom. The zero-order valence-corrected chi connectivity index (χ0v) is 10.8. The number of nitrogens with zero attached hydrogens (tertiary/aromatic N) is 2. The molecular weight excluding hydrogens is 256 g/mol. The molecule has 0 atom stereocenters. The lowest BCUT2D eigenvalue weighted by Gasteiger charge is -2.05. The highest BCUT2D eigenvalue weighted by Crippen LogP contribution is 2.25. The summed E-state index contributed by atoms with van der Waals surface area (Å²) in [5.41, 5.74) is 1.55. The first kappa shape index (κ1) is 12.1. The lowest BCUT2D eigenvalue weighted by atomic mass is 10.1. The predicted octanol–water partition coefficient (Wildman–Crippen LogP) is 2.62. The van der Waals surface area contributed by atoms with Gasteiger partial charge in [0.05, 0.1) is 12.7 Å². The Hall–Kier alpha value is -1.40. The molecule has 0 aliphatic heterocycles. The number of carbonyl (C=O) groups excluding carboxylic acids is 1. The monoisotopic (exact) mass is 266 g/mol.